The molecule has 0 N–H and O–H groups in total. The average molecular weight is 201 g/mol. The maximum atomic E-state index is 5.70. The first-order chi connectivity index (χ1) is 5.77. The molecular formula is C8H6Cl2N2. The van der Waals surface area contributed by atoms with Gasteiger partial charge in [-0.05, 0) is 17.7 Å². The summed E-state index contributed by atoms with van der Waals surface area (Å²) in [5.41, 5.74) is 1.73. The van der Waals surface area contributed by atoms with E-state index in [1.807, 2.05) is 28.9 Å². The summed E-state index contributed by atoms with van der Waals surface area (Å²) in [6, 6.07) is 3.74. The zero-order chi connectivity index (χ0) is 8.55. The Hall–Kier alpha value is -0.730. The van der Waals surface area contributed by atoms with Crippen LogP contribution in [0.15, 0.2) is 30.7 Å². The third-order valence-electron chi connectivity index (χ3n) is 1.67. The fourth-order valence-electron chi connectivity index (χ4n) is 1.06. The van der Waals surface area contributed by atoms with Gasteiger partial charge in [-0.15, -0.1) is 23.2 Å². The van der Waals surface area contributed by atoms with Crippen molar-refractivity contribution in [2.75, 3.05) is 0 Å². The highest BCUT2D eigenvalue weighted by Crippen LogP contribution is 2.24. The molecule has 0 aliphatic heterocycles. The summed E-state index contributed by atoms with van der Waals surface area (Å²) in [6.07, 6.45) is 5.49. The van der Waals surface area contributed by atoms with Crippen molar-refractivity contribution in [1.82, 2.24) is 9.38 Å². The molecule has 2 rings (SSSR count). The van der Waals surface area contributed by atoms with Crippen LogP contribution in [0.5, 0.6) is 0 Å². The number of imidazole rings is 1. The van der Waals surface area contributed by atoms with Crippen LogP contribution < -0.4 is 0 Å². The second-order valence-corrected chi connectivity index (χ2v) is 3.55. The maximum absolute atomic E-state index is 5.70. The van der Waals surface area contributed by atoms with Crippen LogP contribution in [0.3, 0.4) is 0 Å². The lowest BCUT2D eigenvalue weighted by Crippen LogP contribution is -1.86. The fraction of sp³-hybridized carbons (Fsp3) is 0.125. The molecule has 0 saturated carbocycles. The highest BCUT2D eigenvalue weighted by Gasteiger charge is 2.03. The molecule has 0 bridgehead atoms. The standard InChI is InChI=1S/C8H6Cl2N2/c9-8(10)6-1-3-12-4-2-11-7(12)5-6/h1-5,8H. The summed E-state index contributed by atoms with van der Waals surface area (Å²) in [7, 11) is 0. The zero-order valence-electron chi connectivity index (χ0n) is 6.11. The van der Waals surface area contributed by atoms with Crippen LogP contribution in [0.25, 0.3) is 5.65 Å². The van der Waals surface area contributed by atoms with Crippen LogP contribution >= 0.6 is 23.2 Å². The number of hydrogen-bond acceptors (Lipinski definition) is 1. The van der Waals surface area contributed by atoms with E-state index in [9.17, 15) is 0 Å². The van der Waals surface area contributed by atoms with Gasteiger partial charge in [-0.2, -0.15) is 0 Å². The monoisotopic (exact) mass is 200 g/mol. The number of hydrogen-bond donors (Lipinski definition) is 0. The van der Waals surface area contributed by atoms with Crippen molar-refractivity contribution < 1.29 is 0 Å². The summed E-state index contributed by atoms with van der Waals surface area (Å²) in [5.74, 6) is 0. The quantitative estimate of drug-likeness (QED) is 0.648. The van der Waals surface area contributed by atoms with E-state index in [1.54, 1.807) is 6.20 Å². The molecule has 4 heteroatoms. The van der Waals surface area contributed by atoms with Gasteiger partial charge in [0.05, 0.1) is 0 Å². The molecule has 0 aromatic carbocycles. The van der Waals surface area contributed by atoms with Gasteiger partial charge in [0.1, 0.15) is 10.5 Å². The number of aromatic nitrogens is 2. The first-order valence-electron chi connectivity index (χ1n) is 3.48. The van der Waals surface area contributed by atoms with Crippen molar-refractivity contribution in [1.29, 1.82) is 0 Å². The minimum absolute atomic E-state index is 0.480. The second kappa shape index (κ2) is 2.96. The van der Waals surface area contributed by atoms with E-state index in [1.165, 1.54) is 0 Å². The van der Waals surface area contributed by atoms with E-state index in [0.29, 0.717) is 0 Å². The van der Waals surface area contributed by atoms with Crippen molar-refractivity contribution >= 4 is 28.8 Å². The lowest BCUT2D eigenvalue weighted by molar-refractivity contribution is 1.16. The molecule has 2 heterocycles. The number of halogens is 2. The largest absolute Gasteiger partial charge is 0.307 e. The fourth-order valence-corrected chi connectivity index (χ4v) is 1.33. The van der Waals surface area contributed by atoms with E-state index >= 15 is 0 Å². The van der Waals surface area contributed by atoms with E-state index in [-0.39, 0.29) is 0 Å². The molecule has 62 valence electrons. The molecule has 0 atom stereocenters. The first-order valence-corrected chi connectivity index (χ1v) is 4.35. The average Bonchev–Trinajstić information content (AvgIpc) is 2.49. The molecule has 2 aromatic heterocycles. The Balaban J connectivity index is 2.60. The molecule has 0 radical (unpaired) electrons. The minimum atomic E-state index is -0.480. The van der Waals surface area contributed by atoms with Crippen molar-refractivity contribution in [3.05, 3.63) is 36.3 Å². The van der Waals surface area contributed by atoms with Crippen molar-refractivity contribution in [3.8, 4) is 0 Å². The van der Waals surface area contributed by atoms with E-state index < -0.39 is 4.84 Å². The zero-order valence-corrected chi connectivity index (χ0v) is 7.63. The molecule has 0 saturated heterocycles. The van der Waals surface area contributed by atoms with Gasteiger partial charge < -0.3 is 4.40 Å². The normalized spacial score (nSPS) is 11.2. The van der Waals surface area contributed by atoms with Gasteiger partial charge in [0.2, 0.25) is 0 Å². The van der Waals surface area contributed by atoms with Gasteiger partial charge in [0.25, 0.3) is 0 Å². The van der Waals surface area contributed by atoms with E-state index in [0.717, 1.165) is 11.2 Å². The molecule has 0 fully saturated rings. The number of nitrogens with zero attached hydrogens (tertiary/aromatic N) is 2. The molecule has 0 aliphatic rings. The molecule has 2 nitrogen and oxygen atoms in total. The Morgan fingerprint density at radius 2 is 2.17 bits per heavy atom. The lowest BCUT2D eigenvalue weighted by Gasteiger charge is -2.00. The van der Waals surface area contributed by atoms with Gasteiger partial charge in [-0.3, -0.25) is 0 Å². The SMILES string of the molecule is ClC(Cl)c1ccn2ccnc2c1. The summed E-state index contributed by atoms with van der Waals surface area (Å²) in [5, 5.41) is 0. The van der Waals surface area contributed by atoms with Crippen molar-refractivity contribution in [2.24, 2.45) is 0 Å². The van der Waals surface area contributed by atoms with Gasteiger partial charge in [-0.25, -0.2) is 4.98 Å². The number of fused-ring (bicyclic) bond motifs is 1. The molecule has 0 amide bonds. The Bertz CT molecular complexity index is 395. The summed E-state index contributed by atoms with van der Waals surface area (Å²) in [4.78, 5) is 3.63. The maximum Gasteiger partial charge on any atom is 0.136 e. The molecule has 0 aliphatic carbocycles. The van der Waals surface area contributed by atoms with Crippen LogP contribution in [-0.2, 0) is 0 Å². The molecule has 0 unspecified atom stereocenters. The third-order valence-corrected chi connectivity index (χ3v) is 2.18. The van der Waals surface area contributed by atoms with Crippen molar-refractivity contribution in [3.63, 3.8) is 0 Å². The Labute approximate surface area is 79.7 Å². The summed E-state index contributed by atoms with van der Waals surface area (Å²) < 4.78 is 1.90. The lowest BCUT2D eigenvalue weighted by atomic mass is 10.3. The molecule has 0 spiro atoms. The number of pyridine rings is 1. The molecule has 12 heavy (non-hydrogen) atoms. The van der Waals surface area contributed by atoms with Crippen molar-refractivity contribution in [2.45, 2.75) is 4.84 Å². The highest BCUT2D eigenvalue weighted by atomic mass is 35.5. The van der Waals surface area contributed by atoms with Gasteiger partial charge in [0, 0.05) is 18.6 Å². The number of alkyl halides is 2. The van der Waals surface area contributed by atoms with Crippen LogP contribution in [0.4, 0.5) is 0 Å². The van der Waals surface area contributed by atoms with Crippen LogP contribution in [-0.4, -0.2) is 9.38 Å². The van der Waals surface area contributed by atoms with Gasteiger partial charge >= 0.3 is 0 Å². The topological polar surface area (TPSA) is 17.3 Å². The smallest absolute Gasteiger partial charge is 0.136 e. The third kappa shape index (κ3) is 1.28. The van der Waals surface area contributed by atoms with Crippen LogP contribution in [0.1, 0.15) is 10.4 Å². The predicted octanol–water partition coefficient (Wildman–Crippen LogP) is 2.81. The summed E-state index contributed by atoms with van der Waals surface area (Å²) in [6.45, 7) is 0. The van der Waals surface area contributed by atoms with Gasteiger partial charge in [0.15, 0.2) is 0 Å². The Morgan fingerprint density at radius 3 is 2.92 bits per heavy atom. The predicted molar refractivity (Wildman–Crippen MR) is 49.6 cm³/mol. The van der Waals surface area contributed by atoms with E-state index in [2.05, 4.69) is 4.98 Å². The molecule has 2 aromatic rings. The Kier molecular flexibility index (Phi) is 1.95. The minimum Gasteiger partial charge on any atom is -0.307 e. The van der Waals surface area contributed by atoms with Crippen LogP contribution in [0, 0.1) is 0 Å². The van der Waals surface area contributed by atoms with E-state index in [4.69, 9.17) is 23.2 Å². The van der Waals surface area contributed by atoms with Gasteiger partial charge in [-0.1, -0.05) is 0 Å². The molecular weight excluding hydrogens is 195 g/mol. The Morgan fingerprint density at radius 1 is 1.33 bits per heavy atom. The first kappa shape index (κ1) is 7.90. The number of rotatable bonds is 1. The highest BCUT2D eigenvalue weighted by molar-refractivity contribution is 6.44. The summed E-state index contributed by atoms with van der Waals surface area (Å²) >= 11 is 11.4. The second-order valence-electron chi connectivity index (χ2n) is 2.45. The van der Waals surface area contributed by atoms with Crippen LogP contribution in [0.2, 0.25) is 0 Å².